The lowest BCUT2D eigenvalue weighted by Crippen LogP contribution is -2.25. The van der Waals surface area contributed by atoms with Crippen molar-refractivity contribution in [1.29, 1.82) is 0 Å². The van der Waals surface area contributed by atoms with Crippen molar-refractivity contribution >= 4 is 32.7 Å². The van der Waals surface area contributed by atoms with E-state index in [1.807, 2.05) is 30.2 Å². The van der Waals surface area contributed by atoms with Crippen LogP contribution < -0.4 is 9.64 Å². The van der Waals surface area contributed by atoms with Crippen molar-refractivity contribution in [2.45, 2.75) is 13.0 Å². The van der Waals surface area contributed by atoms with Gasteiger partial charge < -0.3 is 14.7 Å². The molecule has 0 fully saturated rings. The molecule has 184 valence electrons. The standard InChI is InChI=1S/C26H18F4N2O3S/c1-35-18-9-6-16(7-10-18)12-13-32(14-17-4-2-15(3-5-17)8-11-19(33)34)26-31-24-22(29)20(27)21(28)23(30)25(24)36-26/h2-7,9-10H,12-14H2,1H3,(H,33,34). The Morgan fingerprint density at radius 3 is 2.25 bits per heavy atom. The van der Waals surface area contributed by atoms with Gasteiger partial charge in [0, 0.05) is 24.6 Å². The Labute approximate surface area is 207 Å². The third-order valence-electron chi connectivity index (χ3n) is 5.34. The number of aromatic nitrogens is 1. The molecular weight excluding hydrogens is 496 g/mol. The van der Waals surface area contributed by atoms with Gasteiger partial charge in [0.25, 0.3) is 0 Å². The second-order valence-corrected chi connectivity index (χ2v) is 8.68. The van der Waals surface area contributed by atoms with Crippen LogP contribution in [0.1, 0.15) is 16.7 Å². The lowest BCUT2D eigenvalue weighted by molar-refractivity contribution is -0.130. The van der Waals surface area contributed by atoms with Crippen LogP contribution in [0.5, 0.6) is 5.75 Å². The Bertz CT molecular complexity index is 1430. The number of aliphatic carboxylic acids is 1. The molecule has 5 nitrogen and oxygen atoms in total. The third-order valence-corrected chi connectivity index (χ3v) is 6.45. The molecule has 0 saturated heterocycles. The number of halogens is 4. The van der Waals surface area contributed by atoms with Gasteiger partial charge in [0.1, 0.15) is 11.3 Å². The van der Waals surface area contributed by atoms with E-state index in [-0.39, 0.29) is 11.7 Å². The average molecular weight is 515 g/mol. The van der Waals surface area contributed by atoms with Crippen molar-refractivity contribution in [2.75, 3.05) is 18.6 Å². The van der Waals surface area contributed by atoms with Crippen molar-refractivity contribution in [3.05, 3.63) is 88.5 Å². The molecule has 4 aromatic rings. The Hall–Kier alpha value is -4.10. The van der Waals surface area contributed by atoms with E-state index in [4.69, 9.17) is 9.84 Å². The molecule has 0 atom stereocenters. The molecule has 0 aliphatic rings. The summed E-state index contributed by atoms with van der Waals surface area (Å²) < 4.78 is 61.0. The van der Waals surface area contributed by atoms with Gasteiger partial charge in [0.2, 0.25) is 0 Å². The fraction of sp³-hybridized carbons (Fsp3) is 0.154. The summed E-state index contributed by atoms with van der Waals surface area (Å²) in [5.41, 5.74) is 1.68. The number of thiazole rings is 1. The fourth-order valence-electron chi connectivity index (χ4n) is 3.48. The first-order chi connectivity index (χ1) is 17.3. The van der Waals surface area contributed by atoms with E-state index in [0.717, 1.165) is 22.5 Å². The van der Waals surface area contributed by atoms with Crippen LogP contribution in [0.15, 0.2) is 48.5 Å². The highest BCUT2D eigenvalue weighted by Crippen LogP contribution is 2.35. The first kappa shape index (κ1) is 25.0. The van der Waals surface area contributed by atoms with E-state index in [1.54, 1.807) is 36.3 Å². The van der Waals surface area contributed by atoms with Crippen molar-refractivity contribution in [3.8, 4) is 17.6 Å². The molecule has 0 aliphatic heterocycles. The number of benzene rings is 3. The van der Waals surface area contributed by atoms with Crippen LogP contribution in [0.3, 0.4) is 0 Å². The number of nitrogens with zero attached hydrogens (tertiary/aromatic N) is 2. The number of carboxylic acids is 1. The molecule has 0 radical (unpaired) electrons. The fourth-order valence-corrected chi connectivity index (χ4v) is 4.49. The van der Waals surface area contributed by atoms with Gasteiger partial charge in [-0.05, 0) is 41.8 Å². The monoisotopic (exact) mass is 514 g/mol. The van der Waals surface area contributed by atoms with E-state index in [0.29, 0.717) is 24.3 Å². The molecule has 1 N–H and O–H groups in total. The number of carboxylic acid groups (broad SMARTS) is 1. The zero-order valence-corrected chi connectivity index (χ0v) is 19.6. The maximum absolute atomic E-state index is 14.3. The van der Waals surface area contributed by atoms with Gasteiger partial charge in [0.15, 0.2) is 28.4 Å². The Kier molecular flexibility index (Phi) is 7.41. The summed E-state index contributed by atoms with van der Waals surface area (Å²) in [6.07, 6.45) is 0.537. The Balaban J connectivity index is 1.66. The minimum atomic E-state index is -1.90. The lowest BCUT2D eigenvalue weighted by Gasteiger charge is -2.22. The molecule has 10 heteroatoms. The van der Waals surface area contributed by atoms with Gasteiger partial charge in [-0.15, -0.1) is 0 Å². The van der Waals surface area contributed by atoms with Crippen LogP contribution in [0, 0.1) is 35.1 Å². The average Bonchev–Trinajstić information content (AvgIpc) is 3.34. The Morgan fingerprint density at radius 1 is 0.972 bits per heavy atom. The molecule has 0 spiro atoms. The first-order valence-corrected chi connectivity index (χ1v) is 11.4. The normalized spacial score (nSPS) is 10.7. The van der Waals surface area contributed by atoms with E-state index >= 15 is 0 Å². The second-order valence-electron chi connectivity index (χ2n) is 7.70. The molecule has 0 bridgehead atoms. The summed E-state index contributed by atoms with van der Waals surface area (Å²) in [6, 6.07) is 14.2. The van der Waals surface area contributed by atoms with E-state index in [9.17, 15) is 22.4 Å². The summed E-state index contributed by atoms with van der Waals surface area (Å²) in [5, 5.41) is 8.89. The van der Waals surface area contributed by atoms with Crippen LogP contribution >= 0.6 is 11.3 Å². The van der Waals surface area contributed by atoms with Crippen LogP contribution in [0.25, 0.3) is 10.2 Å². The number of anilines is 1. The molecule has 4 rings (SSSR count). The largest absolute Gasteiger partial charge is 0.497 e. The van der Waals surface area contributed by atoms with Crippen LogP contribution in [-0.4, -0.2) is 29.7 Å². The molecule has 0 aliphatic carbocycles. The minimum absolute atomic E-state index is 0.191. The molecule has 3 aromatic carbocycles. The number of hydrogen-bond acceptors (Lipinski definition) is 5. The van der Waals surface area contributed by atoms with Gasteiger partial charge in [0.05, 0.1) is 11.8 Å². The molecule has 0 amide bonds. The predicted molar refractivity (Wildman–Crippen MR) is 128 cm³/mol. The number of carbonyl (C=O) groups is 1. The molecular formula is C26H18F4N2O3S. The van der Waals surface area contributed by atoms with Gasteiger partial charge in [-0.1, -0.05) is 41.5 Å². The molecule has 36 heavy (non-hydrogen) atoms. The predicted octanol–water partition coefficient (Wildman–Crippen LogP) is 5.55. The molecule has 1 aromatic heterocycles. The number of ether oxygens (including phenoxy) is 1. The minimum Gasteiger partial charge on any atom is -0.497 e. The second kappa shape index (κ2) is 10.7. The van der Waals surface area contributed by atoms with Crippen LogP contribution in [0.2, 0.25) is 0 Å². The maximum atomic E-state index is 14.3. The van der Waals surface area contributed by atoms with Crippen LogP contribution in [0.4, 0.5) is 22.7 Å². The zero-order chi connectivity index (χ0) is 25.8. The highest BCUT2D eigenvalue weighted by atomic mass is 32.1. The van der Waals surface area contributed by atoms with Gasteiger partial charge in [-0.2, -0.15) is 0 Å². The van der Waals surface area contributed by atoms with Crippen molar-refractivity contribution in [1.82, 2.24) is 4.98 Å². The highest BCUT2D eigenvalue weighted by molar-refractivity contribution is 7.22. The smallest absolute Gasteiger partial charge is 0.382 e. The number of hydrogen-bond donors (Lipinski definition) is 1. The van der Waals surface area contributed by atoms with Crippen LogP contribution in [-0.2, 0) is 17.8 Å². The van der Waals surface area contributed by atoms with E-state index < -0.39 is 39.5 Å². The van der Waals surface area contributed by atoms with Gasteiger partial charge in [-0.3, -0.25) is 0 Å². The summed E-state index contributed by atoms with van der Waals surface area (Å²) in [4.78, 5) is 16.5. The van der Waals surface area contributed by atoms with E-state index in [1.165, 1.54) is 0 Å². The van der Waals surface area contributed by atoms with E-state index in [2.05, 4.69) is 10.9 Å². The number of methoxy groups -OCH3 is 1. The maximum Gasteiger partial charge on any atom is 0.382 e. The molecule has 0 saturated carbocycles. The van der Waals surface area contributed by atoms with Crippen molar-refractivity contribution in [3.63, 3.8) is 0 Å². The zero-order valence-electron chi connectivity index (χ0n) is 18.8. The van der Waals surface area contributed by atoms with Gasteiger partial charge >= 0.3 is 5.97 Å². The van der Waals surface area contributed by atoms with Crippen molar-refractivity contribution < 1.29 is 32.2 Å². The summed E-state index contributed by atoms with van der Waals surface area (Å²) in [6.45, 7) is 0.637. The lowest BCUT2D eigenvalue weighted by atomic mass is 10.1. The summed E-state index contributed by atoms with van der Waals surface area (Å²) in [5.74, 6) is -2.80. The summed E-state index contributed by atoms with van der Waals surface area (Å²) >= 11 is 0.730. The topological polar surface area (TPSA) is 62.7 Å². The Morgan fingerprint density at radius 2 is 1.61 bits per heavy atom. The van der Waals surface area contributed by atoms with Crippen molar-refractivity contribution in [2.24, 2.45) is 0 Å². The number of rotatable bonds is 7. The molecule has 1 heterocycles. The van der Waals surface area contributed by atoms with Gasteiger partial charge in [-0.25, -0.2) is 27.3 Å². The first-order valence-electron chi connectivity index (χ1n) is 10.6. The molecule has 0 unspecified atom stereocenters. The quantitative estimate of drug-likeness (QED) is 0.152. The summed E-state index contributed by atoms with van der Waals surface area (Å²) in [7, 11) is 1.56. The SMILES string of the molecule is COc1ccc(CCN(Cc2ccc(C#CC(=O)O)cc2)c2nc3c(F)c(F)c(F)c(F)c3s2)cc1. The number of fused-ring (bicyclic) bond motifs is 1. The highest BCUT2D eigenvalue weighted by Gasteiger charge is 2.25. The third kappa shape index (κ3) is 5.42.